The zero-order valence-corrected chi connectivity index (χ0v) is 10.3. The second-order valence-corrected chi connectivity index (χ2v) is 4.65. The first-order valence-corrected chi connectivity index (χ1v) is 5.97. The molecule has 1 heterocycles. The van der Waals surface area contributed by atoms with Gasteiger partial charge in [0.05, 0.1) is 16.6 Å². The Bertz CT molecular complexity index is 507. The molecule has 1 aromatic rings. The summed E-state index contributed by atoms with van der Waals surface area (Å²) in [6.45, 7) is 0.484. The third-order valence-electron chi connectivity index (χ3n) is 3.00. The van der Waals surface area contributed by atoms with Crippen LogP contribution < -0.4 is 5.73 Å². The van der Waals surface area contributed by atoms with E-state index < -0.39 is 17.5 Å². The molecule has 0 saturated carbocycles. The zero-order chi connectivity index (χ0) is 13.3. The van der Waals surface area contributed by atoms with Crippen LogP contribution >= 0.6 is 12.2 Å². The van der Waals surface area contributed by atoms with Crippen LogP contribution in [0.25, 0.3) is 0 Å². The fourth-order valence-corrected chi connectivity index (χ4v) is 2.37. The summed E-state index contributed by atoms with van der Waals surface area (Å²) in [6.07, 6.45) is 1.46. The lowest BCUT2D eigenvalue weighted by Crippen LogP contribution is -2.43. The number of nitrogens with two attached hydrogens (primary N) is 1. The van der Waals surface area contributed by atoms with E-state index in [1.165, 1.54) is 4.90 Å². The van der Waals surface area contributed by atoms with Crippen molar-refractivity contribution < 1.29 is 13.6 Å². The van der Waals surface area contributed by atoms with Crippen LogP contribution in [0, 0.1) is 11.6 Å². The van der Waals surface area contributed by atoms with Crippen LogP contribution in [0.15, 0.2) is 18.2 Å². The van der Waals surface area contributed by atoms with Crippen LogP contribution in [-0.2, 0) is 0 Å². The average Bonchev–Trinajstić information content (AvgIpc) is 2.77. The monoisotopic (exact) mass is 270 g/mol. The Kier molecular flexibility index (Phi) is 3.56. The SMILES string of the molecule is NC(=S)C1CCCN1C(=O)c1ccc(F)cc1F. The summed E-state index contributed by atoms with van der Waals surface area (Å²) in [6, 6.07) is 2.56. The molecule has 1 saturated heterocycles. The van der Waals surface area contributed by atoms with Gasteiger partial charge >= 0.3 is 0 Å². The van der Waals surface area contributed by atoms with E-state index in [1.807, 2.05) is 0 Å². The summed E-state index contributed by atoms with van der Waals surface area (Å²) >= 11 is 4.89. The Labute approximate surface area is 109 Å². The number of hydrogen-bond donors (Lipinski definition) is 1. The number of likely N-dealkylation sites (tertiary alicyclic amines) is 1. The molecule has 2 rings (SSSR count). The van der Waals surface area contributed by atoms with Gasteiger partial charge in [0.2, 0.25) is 0 Å². The fourth-order valence-electron chi connectivity index (χ4n) is 2.12. The molecular formula is C12H12F2N2OS. The maximum Gasteiger partial charge on any atom is 0.257 e. The second-order valence-electron chi connectivity index (χ2n) is 4.18. The van der Waals surface area contributed by atoms with Crippen LogP contribution in [-0.4, -0.2) is 28.4 Å². The van der Waals surface area contributed by atoms with Crippen molar-refractivity contribution in [3.05, 3.63) is 35.4 Å². The van der Waals surface area contributed by atoms with Crippen LogP contribution in [0.5, 0.6) is 0 Å². The largest absolute Gasteiger partial charge is 0.392 e. The number of benzene rings is 1. The highest BCUT2D eigenvalue weighted by atomic mass is 32.1. The smallest absolute Gasteiger partial charge is 0.257 e. The molecule has 3 nitrogen and oxygen atoms in total. The third kappa shape index (κ3) is 2.33. The minimum Gasteiger partial charge on any atom is -0.392 e. The van der Waals surface area contributed by atoms with Crippen molar-refractivity contribution in [3.63, 3.8) is 0 Å². The van der Waals surface area contributed by atoms with E-state index in [0.29, 0.717) is 19.0 Å². The van der Waals surface area contributed by atoms with E-state index in [4.69, 9.17) is 18.0 Å². The Balaban J connectivity index is 2.28. The summed E-state index contributed by atoms with van der Waals surface area (Å²) in [4.78, 5) is 13.8. The number of thiocarbonyl (C=S) groups is 1. The van der Waals surface area contributed by atoms with Gasteiger partial charge in [0, 0.05) is 12.6 Å². The predicted octanol–water partition coefficient (Wildman–Crippen LogP) is 1.86. The minimum absolute atomic E-state index is 0.153. The molecule has 1 fully saturated rings. The van der Waals surface area contributed by atoms with Crippen molar-refractivity contribution >= 4 is 23.1 Å². The molecule has 1 amide bonds. The highest BCUT2D eigenvalue weighted by Gasteiger charge is 2.32. The number of amides is 1. The number of rotatable bonds is 2. The summed E-state index contributed by atoms with van der Waals surface area (Å²) in [5.41, 5.74) is 5.40. The lowest BCUT2D eigenvalue weighted by atomic mass is 10.1. The van der Waals surface area contributed by atoms with E-state index >= 15 is 0 Å². The number of hydrogen-bond acceptors (Lipinski definition) is 2. The molecule has 0 radical (unpaired) electrons. The van der Waals surface area contributed by atoms with E-state index in [9.17, 15) is 13.6 Å². The van der Waals surface area contributed by atoms with Crippen molar-refractivity contribution in [2.75, 3.05) is 6.54 Å². The first-order chi connectivity index (χ1) is 8.50. The molecule has 0 aromatic heterocycles. The summed E-state index contributed by atoms with van der Waals surface area (Å²) in [5.74, 6) is -2.08. The molecule has 1 aliphatic heterocycles. The highest BCUT2D eigenvalue weighted by molar-refractivity contribution is 7.80. The topological polar surface area (TPSA) is 46.3 Å². The lowest BCUT2D eigenvalue weighted by Gasteiger charge is -2.23. The van der Waals surface area contributed by atoms with Gasteiger partial charge in [-0.25, -0.2) is 8.78 Å². The summed E-state index contributed by atoms with van der Waals surface area (Å²) in [5, 5.41) is 0. The van der Waals surface area contributed by atoms with Crippen molar-refractivity contribution in [1.82, 2.24) is 4.90 Å². The van der Waals surface area contributed by atoms with E-state index in [-0.39, 0.29) is 16.6 Å². The second kappa shape index (κ2) is 4.97. The van der Waals surface area contributed by atoms with Gasteiger partial charge in [-0.2, -0.15) is 0 Å². The maximum atomic E-state index is 13.5. The molecule has 1 aromatic carbocycles. The first kappa shape index (κ1) is 12.9. The maximum absolute atomic E-state index is 13.5. The van der Waals surface area contributed by atoms with Crippen LogP contribution in [0.1, 0.15) is 23.2 Å². The molecule has 2 N–H and O–H groups in total. The molecule has 1 aliphatic rings. The number of nitrogens with zero attached hydrogens (tertiary/aromatic N) is 1. The molecule has 1 unspecified atom stereocenters. The van der Waals surface area contributed by atoms with Gasteiger partial charge in [-0.05, 0) is 25.0 Å². The molecule has 18 heavy (non-hydrogen) atoms. The molecule has 96 valence electrons. The number of halogens is 2. The quantitative estimate of drug-likeness (QED) is 0.834. The van der Waals surface area contributed by atoms with Crippen molar-refractivity contribution in [2.45, 2.75) is 18.9 Å². The summed E-state index contributed by atoms with van der Waals surface area (Å²) < 4.78 is 26.3. The fraction of sp³-hybridized carbons (Fsp3) is 0.333. The van der Waals surface area contributed by atoms with Crippen molar-refractivity contribution in [2.24, 2.45) is 5.73 Å². The molecule has 0 spiro atoms. The van der Waals surface area contributed by atoms with Gasteiger partial charge < -0.3 is 10.6 Å². The number of carbonyl (C=O) groups is 1. The highest BCUT2D eigenvalue weighted by Crippen LogP contribution is 2.21. The van der Waals surface area contributed by atoms with E-state index in [1.54, 1.807) is 0 Å². The first-order valence-electron chi connectivity index (χ1n) is 5.56. The van der Waals surface area contributed by atoms with Crippen LogP contribution in [0.4, 0.5) is 8.78 Å². The molecule has 1 atom stereocenters. The van der Waals surface area contributed by atoms with Crippen molar-refractivity contribution in [3.8, 4) is 0 Å². The van der Waals surface area contributed by atoms with E-state index in [2.05, 4.69) is 0 Å². The van der Waals surface area contributed by atoms with Gasteiger partial charge in [0.25, 0.3) is 5.91 Å². The Morgan fingerprint density at radius 2 is 2.17 bits per heavy atom. The van der Waals surface area contributed by atoms with Crippen LogP contribution in [0.3, 0.4) is 0 Å². The molecule has 0 bridgehead atoms. The van der Waals surface area contributed by atoms with E-state index in [0.717, 1.165) is 18.6 Å². The summed E-state index contributed by atoms with van der Waals surface area (Å²) in [7, 11) is 0. The normalized spacial score (nSPS) is 19.0. The predicted molar refractivity (Wildman–Crippen MR) is 67.2 cm³/mol. The van der Waals surface area contributed by atoms with Crippen molar-refractivity contribution in [1.29, 1.82) is 0 Å². The van der Waals surface area contributed by atoms with Gasteiger partial charge in [0.15, 0.2) is 0 Å². The standard InChI is InChI=1S/C12H12F2N2OS/c13-7-3-4-8(9(14)6-7)12(17)16-5-1-2-10(16)11(15)18/h3-4,6,10H,1-2,5H2,(H2,15,18). The Morgan fingerprint density at radius 1 is 1.44 bits per heavy atom. The van der Waals surface area contributed by atoms with Crippen LogP contribution in [0.2, 0.25) is 0 Å². The van der Waals surface area contributed by atoms with Gasteiger partial charge in [-0.3, -0.25) is 4.79 Å². The number of carbonyl (C=O) groups excluding carboxylic acids is 1. The molecule has 0 aliphatic carbocycles. The van der Waals surface area contributed by atoms with Gasteiger partial charge in [-0.1, -0.05) is 12.2 Å². The Hall–Kier alpha value is -1.56. The third-order valence-corrected chi connectivity index (χ3v) is 3.28. The lowest BCUT2D eigenvalue weighted by molar-refractivity contribution is 0.0765. The van der Waals surface area contributed by atoms with Gasteiger partial charge in [0.1, 0.15) is 11.6 Å². The minimum atomic E-state index is -0.867. The average molecular weight is 270 g/mol. The zero-order valence-electron chi connectivity index (χ0n) is 9.53. The van der Waals surface area contributed by atoms with Gasteiger partial charge in [-0.15, -0.1) is 0 Å². The molecular weight excluding hydrogens is 258 g/mol. The Morgan fingerprint density at radius 3 is 2.78 bits per heavy atom. The molecule has 6 heteroatoms.